The predicted octanol–water partition coefficient (Wildman–Crippen LogP) is 4.81. The minimum Gasteiger partial charge on any atom is -0.453 e. The van der Waals surface area contributed by atoms with Gasteiger partial charge in [-0.3, -0.25) is 4.79 Å². The lowest BCUT2D eigenvalue weighted by atomic mass is 10.0. The molecular formula is C17H18O2. The molecule has 0 saturated heterocycles. The van der Waals surface area contributed by atoms with Crippen molar-refractivity contribution in [2.24, 2.45) is 0 Å². The van der Waals surface area contributed by atoms with Crippen LogP contribution in [0.2, 0.25) is 0 Å². The Labute approximate surface area is 113 Å². The van der Waals surface area contributed by atoms with E-state index < -0.39 is 0 Å². The topological polar surface area (TPSA) is 30.2 Å². The third-order valence-corrected chi connectivity index (χ3v) is 3.73. The van der Waals surface area contributed by atoms with Crippen molar-refractivity contribution >= 4 is 16.8 Å². The number of benzene rings is 1. The van der Waals surface area contributed by atoms with Gasteiger partial charge in [-0.1, -0.05) is 24.1 Å². The molecule has 0 saturated carbocycles. The summed E-state index contributed by atoms with van der Waals surface area (Å²) in [5.74, 6) is 0.546. The number of fused-ring (bicyclic) bond motifs is 1. The van der Waals surface area contributed by atoms with E-state index in [-0.39, 0.29) is 5.78 Å². The van der Waals surface area contributed by atoms with Crippen LogP contribution < -0.4 is 0 Å². The fraction of sp³-hybridized carbons (Fsp3) is 0.353. The van der Waals surface area contributed by atoms with E-state index in [1.165, 1.54) is 18.4 Å². The average molecular weight is 254 g/mol. The average Bonchev–Trinajstić information content (AvgIpc) is 2.64. The van der Waals surface area contributed by atoms with Crippen molar-refractivity contribution in [1.82, 2.24) is 0 Å². The highest BCUT2D eigenvalue weighted by molar-refractivity contribution is 6.08. The molecule has 19 heavy (non-hydrogen) atoms. The second-order valence-corrected chi connectivity index (χ2v) is 5.31. The summed E-state index contributed by atoms with van der Waals surface area (Å²) in [6.45, 7) is 2.04. The van der Waals surface area contributed by atoms with Crippen LogP contribution >= 0.6 is 0 Å². The van der Waals surface area contributed by atoms with Gasteiger partial charge in [-0.25, -0.2) is 0 Å². The molecule has 1 aliphatic rings. The van der Waals surface area contributed by atoms with Gasteiger partial charge in [0.1, 0.15) is 5.58 Å². The first kappa shape index (κ1) is 12.2. The third kappa shape index (κ3) is 2.48. The van der Waals surface area contributed by atoms with Crippen LogP contribution in [-0.2, 0) is 0 Å². The van der Waals surface area contributed by atoms with Gasteiger partial charge >= 0.3 is 0 Å². The number of hydrogen-bond donors (Lipinski definition) is 0. The number of ketones is 1. The Balaban J connectivity index is 1.94. The van der Waals surface area contributed by atoms with Crippen LogP contribution in [0.25, 0.3) is 11.0 Å². The van der Waals surface area contributed by atoms with Gasteiger partial charge in [0.05, 0.1) is 0 Å². The number of carbonyl (C=O) groups excluding carboxylic acids is 1. The summed E-state index contributed by atoms with van der Waals surface area (Å²) in [5, 5.41) is 1.01. The number of allylic oxidation sites excluding steroid dienone is 2. The number of carbonyl (C=O) groups is 1. The fourth-order valence-corrected chi connectivity index (χ4v) is 2.65. The molecule has 98 valence electrons. The van der Waals surface area contributed by atoms with Crippen molar-refractivity contribution in [3.05, 3.63) is 47.2 Å². The summed E-state index contributed by atoms with van der Waals surface area (Å²) >= 11 is 0. The Morgan fingerprint density at radius 2 is 2.05 bits per heavy atom. The molecule has 0 bridgehead atoms. The molecular weight excluding hydrogens is 236 g/mol. The van der Waals surface area contributed by atoms with Crippen LogP contribution in [0.4, 0.5) is 0 Å². The molecule has 1 aliphatic carbocycles. The van der Waals surface area contributed by atoms with Crippen LogP contribution in [-0.4, -0.2) is 5.78 Å². The molecule has 1 heterocycles. The van der Waals surface area contributed by atoms with Crippen molar-refractivity contribution in [2.75, 3.05) is 0 Å². The zero-order valence-electron chi connectivity index (χ0n) is 11.2. The number of rotatable bonds is 2. The summed E-state index contributed by atoms with van der Waals surface area (Å²) < 4.78 is 5.69. The maximum absolute atomic E-state index is 12.4. The highest BCUT2D eigenvalue weighted by Gasteiger charge is 2.17. The molecule has 1 aromatic carbocycles. The lowest BCUT2D eigenvalue weighted by Gasteiger charge is -2.00. The fourth-order valence-electron chi connectivity index (χ4n) is 2.65. The van der Waals surface area contributed by atoms with E-state index in [0.717, 1.165) is 35.8 Å². The monoisotopic (exact) mass is 254 g/mol. The molecule has 2 heteroatoms. The van der Waals surface area contributed by atoms with Gasteiger partial charge in [0, 0.05) is 5.39 Å². The van der Waals surface area contributed by atoms with E-state index in [1.807, 2.05) is 25.1 Å². The van der Waals surface area contributed by atoms with Gasteiger partial charge in [-0.2, -0.15) is 0 Å². The Morgan fingerprint density at radius 1 is 1.16 bits per heavy atom. The summed E-state index contributed by atoms with van der Waals surface area (Å²) in [6.07, 6.45) is 7.50. The minimum absolute atomic E-state index is 0.0655. The van der Waals surface area contributed by atoms with Crippen molar-refractivity contribution in [3.63, 3.8) is 0 Å². The van der Waals surface area contributed by atoms with E-state index in [2.05, 4.69) is 12.1 Å². The maximum Gasteiger partial charge on any atom is 0.223 e. The molecule has 0 aliphatic heterocycles. The second-order valence-electron chi connectivity index (χ2n) is 5.31. The number of furan rings is 1. The van der Waals surface area contributed by atoms with Gasteiger partial charge in [0.25, 0.3) is 0 Å². The van der Waals surface area contributed by atoms with Crippen LogP contribution in [0.5, 0.6) is 0 Å². The first-order valence-corrected chi connectivity index (χ1v) is 6.98. The van der Waals surface area contributed by atoms with Crippen LogP contribution in [0, 0.1) is 6.92 Å². The second kappa shape index (κ2) is 5.04. The molecule has 0 fully saturated rings. The van der Waals surface area contributed by atoms with Crippen LogP contribution in [0.15, 0.2) is 40.3 Å². The molecule has 0 spiro atoms. The van der Waals surface area contributed by atoms with E-state index in [9.17, 15) is 4.79 Å². The lowest BCUT2D eigenvalue weighted by Crippen LogP contribution is -2.01. The summed E-state index contributed by atoms with van der Waals surface area (Å²) in [5.41, 5.74) is 2.90. The zero-order valence-corrected chi connectivity index (χ0v) is 11.2. The normalized spacial score (nSPS) is 16.2. The van der Waals surface area contributed by atoms with E-state index in [1.54, 1.807) is 0 Å². The Hall–Kier alpha value is -1.83. The van der Waals surface area contributed by atoms with Gasteiger partial charge < -0.3 is 4.42 Å². The first-order chi connectivity index (χ1) is 9.24. The largest absolute Gasteiger partial charge is 0.453 e. The third-order valence-electron chi connectivity index (χ3n) is 3.73. The molecule has 2 nitrogen and oxygen atoms in total. The molecule has 0 unspecified atom stereocenters. The molecule has 0 amide bonds. The standard InChI is InChI=1S/C17H18O2/c1-12-8-9-15-14(10-12)11-16(19-15)17(18)13-6-4-2-3-5-7-13/h6,8-11H,2-5,7H2,1H3. The molecule has 0 radical (unpaired) electrons. The van der Waals surface area contributed by atoms with Crippen molar-refractivity contribution < 1.29 is 9.21 Å². The van der Waals surface area contributed by atoms with Crippen molar-refractivity contribution in [1.29, 1.82) is 0 Å². The molecule has 1 aromatic heterocycles. The molecule has 3 rings (SSSR count). The van der Waals surface area contributed by atoms with E-state index >= 15 is 0 Å². The van der Waals surface area contributed by atoms with Crippen molar-refractivity contribution in [3.8, 4) is 0 Å². The first-order valence-electron chi connectivity index (χ1n) is 6.98. The summed E-state index contributed by atoms with van der Waals surface area (Å²) in [4.78, 5) is 12.4. The molecule has 2 aromatic rings. The quantitative estimate of drug-likeness (QED) is 0.719. The highest BCUT2D eigenvalue weighted by Crippen LogP contribution is 2.25. The summed E-state index contributed by atoms with van der Waals surface area (Å²) in [7, 11) is 0. The van der Waals surface area contributed by atoms with E-state index in [0.29, 0.717) is 5.76 Å². The molecule has 0 N–H and O–H groups in total. The van der Waals surface area contributed by atoms with E-state index in [4.69, 9.17) is 4.42 Å². The Kier molecular flexibility index (Phi) is 3.24. The Morgan fingerprint density at radius 3 is 2.95 bits per heavy atom. The lowest BCUT2D eigenvalue weighted by molar-refractivity contribution is 0.100. The Bertz CT molecular complexity index is 646. The smallest absolute Gasteiger partial charge is 0.223 e. The molecule has 0 atom stereocenters. The highest BCUT2D eigenvalue weighted by atomic mass is 16.3. The number of Topliss-reactive ketones (excluding diaryl/α,β-unsaturated/α-hetero) is 1. The summed E-state index contributed by atoms with van der Waals surface area (Å²) in [6, 6.07) is 7.86. The van der Waals surface area contributed by atoms with Crippen molar-refractivity contribution in [2.45, 2.75) is 39.0 Å². The SMILES string of the molecule is Cc1ccc2oc(C(=O)C3=CCCCCC3)cc2c1. The predicted molar refractivity (Wildman–Crippen MR) is 76.4 cm³/mol. The number of aryl methyl sites for hydroxylation is 1. The minimum atomic E-state index is 0.0655. The van der Waals surface area contributed by atoms with Gasteiger partial charge in [0.2, 0.25) is 5.78 Å². The zero-order chi connectivity index (χ0) is 13.2. The van der Waals surface area contributed by atoms with Gasteiger partial charge in [0.15, 0.2) is 5.76 Å². The van der Waals surface area contributed by atoms with Gasteiger partial charge in [-0.05, 0) is 56.4 Å². The van der Waals surface area contributed by atoms with Crippen LogP contribution in [0.3, 0.4) is 0 Å². The van der Waals surface area contributed by atoms with Gasteiger partial charge in [-0.15, -0.1) is 0 Å². The van der Waals surface area contributed by atoms with Crippen LogP contribution in [0.1, 0.15) is 48.2 Å². The number of hydrogen-bond acceptors (Lipinski definition) is 2. The maximum atomic E-state index is 12.4.